The highest BCUT2D eigenvalue weighted by molar-refractivity contribution is 5.48. The molecule has 0 aliphatic heterocycles. The van der Waals surface area contributed by atoms with Crippen LogP contribution in [0.25, 0.3) is 0 Å². The summed E-state index contributed by atoms with van der Waals surface area (Å²) >= 11 is 0. The summed E-state index contributed by atoms with van der Waals surface area (Å²) in [7, 11) is 0. The third-order valence-corrected chi connectivity index (χ3v) is 5.42. The summed E-state index contributed by atoms with van der Waals surface area (Å²) < 4.78 is 12.5. The fourth-order valence-corrected chi connectivity index (χ4v) is 3.75. The first-order valence-corrected chi connectivity index (χ1v) is 11.1. The zero-order valence-corrected chi connectivity index (χ0v) is 19.3. The van der Waals surface area contributed by atoms with Gasteiger partial charge < -0.3 is 14.6 Å². The first-order valence-electron chi connectivity index (χ1n) is 11.1. The number of phenols is 1. The van der Waals surface area contributed by atoms with E-state index in [1.165, 1.54) is 12.8 Å². The van der Waals surface area contributed by atoms with Crippen molar-refractivity contribution in [3.63, 3.8) is 0 Å². The van der Waals surface area contributed by atoms with Crippen LogP contribution in [-0.2, 0) is 11.2 Å². The lowest BCUT2D eigenvalue weighted by molar-refractivity contribution is -0.0228. The van der Waals surface area contributed by atoms with E-state index in [1.54, 1.807) is 6.07 Å². The Hall–Kier alpha value is -2.77. The molecule has 0 aromatic heterocycles. The number of rotatable bonds is 12. The molecule has 2 atom stereocenters. The molecule has 1 N–H and O–H groups in total. The van der Waals surface area contributed by atoms with Crippen LogP contribution in [0.1, 0.15) is 73.5 Å². The number of allylic oxidation sites excluding steroid dienone is 1. The minimum absolute atomic E-state index is 0.126. The molecule has 4 nitrogen and oxygen atoms in total. The monoisotopic (exact) mass is 421 g/mol. The van der Waals surface area contributed by atoms with E-state index < -0.39 is 0 Å². The second-order valence-corrected chi connectivity index (χ2v) is 8.11. The van der Waals surface area contributed by atoms with Crippen molar-refractivity contribution in [2.24, 2.45) is 0 Å². The molecule has 31 heavy (non-hydrogen) atoms. The topological polar surface area (TPSA) is 62.5 Å². The number of phenolic OH excluding ortho intramolecular Hbond substituents is 1. The summed E-state index contributed by atoms with van der Waals surface area (Å²) in [5.41, 5.74) is 4.42. The highest BCUT2D eigenvalue weighted by atomic mass is 16.5. The normalized spacial score (nSPS) is 12.7. The van der Waals surface area contributed by atoms with Gasteiger partial charge in [-0.2, -0.15) is 5.26 Å². The highest BCUT2D eigenvalue weighted by Crippen LogP contribution is 2.35. The Morgan fingerprint density at radius 2 is 1.90 bits per heavy atom. The molecule has 0 saturated heterocycles. The molecular weight excluding hydrogens is 386 g/mol. The lowest BCUT2D eigenvalue weighted by atomic mass is 9.99. The van der Waals surface area contributed by atoms with Crippen molar-refractivity contribution in [2.75, 3.05) is 6.61 Å². The number of hydrogen-bond acceptors (Lipinski definition) is 4. The van der Waals surface area contributed by atoms with Crippen LogP contribution in [0.15, 0.2) is 43.0 Å². The van der Waals surface area contributed by atoms with Gasteiger partial charge in [-0.05, 0) is 68.0 Å². The Bertz CT molecular complexity index is 890. The Balaban J connectivity index is 2.25. The van der Waals surface area contributed by atoms with Gasteiger partial charge in [0.2, 0.25) is 0 Å². The van der Waals surface area contributed by atoms with Crippen molar-refractivity contribution in [3.8, 4) is 17.6 Å². The molecule has 2 aromatic carbocycles. The summed E-state index contributed by atoms with van der Waals surface area (Å²) in [6.45, 7) is 12.4. The Kier molecular flexibility index (Phi) is 9.62. The molecule has 166 valence electrons. The molecule has 2 aromatic rings. The van der Waals surface area contributed by atoms with Crippen LogP contribution in [0.5, 0.6) is 11.5 Å². The van der Waals surface area contributed by atoms with Gasteiger partial charge in [0.15, 0.2) is 11.5 Å². The van der Waals surface area contributed by atoms with Crippen molar-refractivity contribution in [1.82, 2.24) is 0 Å². The molecule has 2 unspecified atom stereocenters. The van der Waals surface area contributed by atoms with Crippen molar-refractivity contribution in [1.29, 1.82) is 5.26 Å². The Morgan fingerprint density at radius 3 is 2.52 bits per heavy atom. The predicted octanol–water partition coefficient (Wildman–Crippen LogP) is 6.71. The van der Waals surface area contributed by atoms with Gasteiger partial charge >= 0.3 is 0 Å². The smallest absolute Gasteiger partial charge is 0.164 e. The predicted molar refractivity (Wildman–Crippen MR) is 126 cm³/mol. The molecule has 0 spiro atoms. The van der Waals surface area contributed by atoms with E-state index in [2.05, 4.69) is 19.6 Å². The first kappa shape index (κ1) is 24.5. The number of ether oxygens (including phenoxy) is 2. The van der Waals surface area contributed by atoms with Gasteiger partial charge in [-0.15, -0.1) is 6.58 Å². The zero-order valence-electron chi connectivity index (χ0n) is 19.3. The molecule has 2 rings (SSSR count). The van der Waals surface area contributed by atoms with Crippen LogP contribution in [0, 0.1) is 25.2 Å². The molecule has 0 saturated carbocycles. The van der Waals surface area contributed by atoms with E-state index in [0.29, 0.717) is 24.3 Å². The van der Waals surface area contributed by atoms with Crippen molar-refractivity contribution < 1.29 is 14.6 Å². The molecule has 0 bridgehead atoms. The van der Waals surface area contributed by atoms with Gasteiger partial charge in [-0.3, -0.25) is 0 Å². The maximum Gasteiger partial charge on any atom is 0.164 e. The van der Waals surface area contributed by atoms with E-state index in [-0.39, 0.29) is 18.0 Å². The van der Waals surface area contributed by atoms with Gasteiger partial charge in [0.25, 0.3) is 0 Å². The maximum atomic E-state index is 10.5. The number of aromatic hydroxyl groups is 1. The number of benzene rings is 2. The van der Waals surface area contributed by atoms with Crippen LogP contribution in [0.2, 0.25) is 0 Å². The van der Waals surface area contributed by atoms with Gasteiger partial charge in [-0.1, -0.05) is 50.5 Å². The summed E-state index contributed by atoms with van der Waals surface area (Å²) in [5.74, 6) is 0.603. The summed E-state index contributed by atoms with van der Waals surface area (Å²) in [4.78, 5) is 0. The minimum atomic E-state index is -0.326. The molecule has 0 aliphatic rings. The number of unbranched alkanes of at least 4 members (excludes halogenated alkanes) is 3. The van der Waals surface area contributed by atoms with Gasteiger partial charge in [-0.25, -0.2) is 0 Å². The fraction of sp³-hybridized carbons (Fsp3) is 0.444. The molecule has 0 amide bonds. The first-order chi connectivity index (χ1) is 14.9. The third-order valence-electron chi connectivity index (χ3n) is 5.42. The van der Waals surface area contributed by atoms with E-state index in [4.69, 9.17) is 9.47 Å². The Labute approximate surface area is 187 Å². The molecule has 0 fully saturated rings. The summed E-state index contributed by atoms with van der Waals surface area (Å²) in [6.07, 6.45) is 6.37. The van der Waals surface area contributed by atoms with Gasteiger partial charge in [0, 0.05) is 6.61 Å². The Morgan fingerprint density at radius 1 is 1.13 bits per heavy atom. The van der Waals surface area contributed by atoms with E-state index in [0.717, 1.165) is 35.1 Å². The standard InChI is InChI=1S/C27H35NO3/c1-6-8-9-10-14-30-27(23-12-13-24(18-28)19(3)16-23)21(5)31-26-20(4)15-22(11-7-2)17-25(26)29/h7,12-13,15-17,21,27,29H,2,6,8-11,14H2,1,3-5H3. The average molecular weight is 422 g/mol. The number of nitrogens with zero attached hydrogens (tertiary/aromatic N) is 1. The van der Waals surface area contributed by atoms with Crippen LogP contribution in [0.3, 0.4) is 0 Å². The van der Waals surface area contributed by atoms with Crippen molar-refractivity contribution in [2.45, 2.75) is 72.0 Å². The van der Waals surface area contributed by atoms with E-state index in [1.807, 2.05) is 51.1 Å². The molecule has 0 aliphatic carbocycles. The number of aryl methyl sites for hydroxylation is 2. The zero-order chi connectivity index (χ0) is 22.8. The second kappa shape index (κ2) is 12.2. The molecule has 4 heteroatoms. The van der Waals surface area contributed by atoms with Crippen LogP contribution < -0.4 is 4.74 Å². The van der Waals surface area contributed by atoms with Gasteiger partial charge in [0.1, 0.15) is 12.2 Å². The minimum Gasteiger partial charge on any atom is -0.504 e. The maximum absolute atomic E-state index is 10.5. The van der Waals surface area contributed by atoms with Crippen LogP contribution >= 0.6 is 0 Å². The lowest BCUT2D eigenvalue weighted by Gasteiger charge is -2.27. The summed E-state index contributed by atoms with van der Waals surface area (Å²) in [5, 5.41) is 19.8. The van der Waals surface area contributed by atoms with E-state index >= 15 is 0 Å². The second-order valence-electron chi connectivity index (χ2n) is 8.11. The van der Waals surface area contributed by atoms with E-state index in [9.17, 15) is 10.4 Å². The van der Waals surface area contributed by atoms with Crippen LogP contribution in [-0.4, -0.2) is 17.8 Å². The quantitative estimate of drug-likeness (QED) is 0.305. The average Bonchev–Trinajstić information content (AvgIpc) is 2.73. The summed E-state index contributed by atoms with van der Waals surface area (Å²) in [6, 6.07) is 11.7. The van der Waals surface area contributed by atoms with Crippen LogP contribution in [0.4, 0.5) is 0 Å². The number of hydrogen-bond donors (Lipinski definition) is 1. The number of nitriles is 1. The van der Waals surface area contributed by atoms with Crippen molar-refractivity contribution >= 4 is 0 Å². The highest BCUT2D eigenvalue weighted by Gasteiger charge is 2.24. The molecular formula is C27H35NO3. The SMILES string of the molecule is C=CCc1cc(C)c(OC(C)C(OCCCCCC)c2ccc(C#N)c(C)c2)c(O)c1. The van der Waals surface area contributed by atoms with Gasteiger partial charge in [0.05, 0.1) is 11.6 Å². The fourth-order valence-electron chi connectivity index (χ4n) is 3.75. The third kappa shape index (κ3) is 6.87. The molecule has 0 heterocycles. The van der Waals surface area contributed by atoms with Crippen molar-refractivity contribution in [3.05, 3.63) is 70.8 Å². The largest absolute Gasteiger partial charge is 0.504 e. The lowest BCUT2D eigenvalue weighted by Crippen LogP contribution is -2.25. The molecule has 0 radical (unpaired) electrons.